The van der Waals surface area contributed by atoms with Crippen molar-refractivity contribution in [2.75, 3.05) is 0 Å². The van der Waals surface area contributed by atoms with E-state index >= 15 is 0 Å². The summed E-state index contributed by atoms with van der Waals surface area (Å²) in [5, 5.41) is 27.5. The summed E-state index contributed by atoms with van der Waals surface area (Å²) in [7, 11) is 0. The normalized spacial score (nSPS) is 11.1. The SMILES string of the molecule is CCCCC(=O)CCC(=O)CCCC(c1nnn[nH]1)c1nnn[nH]1. The van der Waals surface area contributed by atoms with E-state index in [0.717, 1.165) is 12.8 Å². The molecule has 0 spiro atoms. The van der Waals surface area contributed by atoms with Crippen LogP contribution in [0.2, 0.25) is 0 Å². The van der Waals surface area contributed by atoms with Crippen molar-refractivity contribution in [1.82, 2.24) is 41.2 Å². The van der Waals surface area contributed by atoms with Crippen molar-refractivity contribution in [3.63, 3.8) is 0 Å². The molecule has 0 aliphatic heterocycles. The number of carbonyl (C=O) groups excluding carboxylic acids is 2. The van der Waals surface area contributed by atoms with Gasteiger partial charge >= 0.3 is 0 Å². The molecule has 0 fully saturated rings. The van der Waals surface area contributed by atoms with E-state index < -0.39 is 0 Å². The van der Waals surface area contributed by atoms with Gasteiger partial charge in [0.05, 0.1) is 5.92 Å². The van der Waals surface area contributed by atoms with Gasteiger partial charge in [0.25, 0.3) is 0 Å². The molecule has 2 heterocycles. The Morgan fingerprint density at radius 3 is 1.88 bits per heavy atom. The number of aromatic nitrogens is 8. The van der Waals surface area contributed by atoms with Crippen molar-refractivity contribution in [3.8, 4) is 0 Å². The van der Waals surface area contributed by atoms with E-state index in [1.165, 1.54) is 0 Å². The summed E-state index contributed by atoms with van der Waals surface area (Å²) in [6.45, 7) is 2.04. The molecule has 0 radical (unpaired) electrons. The first-order chi connectivity index (χ1) is 11.7. The molecule has 0 saturated carbocycles. The summed E-state index contributed by atoms with van der Waals surface area (Å²) in [5.41, 5.74) is 0. The van der Waals surface area contributed by atoms with Crippen LogP contribution in [0.15, 0.2) is 0 Å². The average Bonchev–Trinajstić information content (AvgIpc) is 3.28. The van der Waals surface area contributed by atoms with Crippen LogP contribution in [0, 0.1) is 0 Å². The maximum absolute atomic E-state index is 11.9. The molecule has 0 aliphatic carbocycles. The smallest absolute Gasteiger partial charge is 0.159 e. The second-order valence-electron chi connectivity index (χ2n) is 5.70. The average molecular weight is 334 g/mol. The molecule has 0 aromatic carbocycles. The van der Waals surface area contributed by atoms with E-state index in [1.54, 1.807) is 0 Å². The summed E-state index contributed by atoms with van der Waals surface area (Å²) < 4.78 is 0. The number of tetrazole rings is 2. The Kier molecular flexibility index (Phi) is 7.12. The predicted octanol–water partition coefficient (Wildman–Crippen LogP) is 1.12. The van der Waals surface area contributed by atoms with Crippen molar-refractivity contribution in [2.24, 2.45) is 0 Å². The molecule has 2 N–H and O–H groups in total. The van der Waals surface area contributed by atoms with Crippen molar-refractivity contribution in [1.29, 1.82) is 0 Å². The Labute approximate surface area is 139 Å². The number of nitrogens with one attached hydrogen (secondary N) is 2. The number of hydrogen-bond donors (Lipinski definition) is 2. The maximum Gasteiger partial charge on any atom is 0.159 e. The fourth-order valence-electron chi connectivity index (χ4n) is 2.44. The zero-order valence-electron chi connectivity index (χ0n) is 13.7. The van der Waals surface area contributed by atoms with Crippen LogP contribution in [0.3, 0.4) is 0 Å². The van der Waals surface area contributed by atoms with E-state index in [9.17, 15) is 9.59 Å². The van der Waals surface area contributed by atoms with E-state index in [-0.39, 0.29) is 17.5 Å². The zero-order chi connectivity index (χ0) is 17.2. The summed E-state index contributed by atoms with van der Waals surface area (Å²) in [6.07, 6.45) is 4.82. The van der Waals surface area contributed by atoms with Gasteiger partial charge in [-0.15, -0.1) is 10.2 Å². The minimum Gasteiger partial charge on any atom is -0.300 e. The lowest BCUT2D eigenvalue weighted by molar-refractivity contribution is -0.124. The first-order valence-electron chi connectivity index (χ1n) is 8.21. The molecule has 10 heteroatoms. The van der Waals surface area contributed by atoms with Crippen molar-refractivity contribution in [3.05, 3.63) is 11.6 Å². The number of Topliss-reactive ketones (excluding diaryl/α,β-unsaturated/α-hetero) is 2. The first kappa shape index (κ1) is 17.8. The lowest BCUT2D eigenvalue weighted by Crippen LogP contribution is -2.08. The number of aromatic amines is 2. The zero-order valence-corrected chi connectivity index (χ0v) is 13.7. The highest BCUT2D eigenvalue weighted by Gasteiger charge is 2.21. The van der Waals surface area contributed by atoms with Gasteiger partial charge in [-0.25, -0.2) is 10.2 Å². The molecule has 24 heavy (non-hydrogen) atoms. The molecule has 2 aromatic heterocycles. The molecule has 0 aliphatic rings. The second kappa shape index (κ2) is 9.58. The number of hydrogen-bond acceptors (Lipinski definition) is 8. The first-order valence-corrected chi connectivity index (χ1v) is 8.21. The lowest BCUT2D eigenvalue weighted by atomic mass is 9.98. The highest BCUT2D eigenvalue weighted by atomic mass is 16.1. The van der Waals surface area contributed by atoms with Crippen LogP contribution < -0.4 is 0 Å². The van der Waals surface area contributed by atoms with E-state index in [0.29, 0.717) is 50.2 Å². The van der Waals surface area contributed by atoms with Gasteiger partial charge < -0.3 is 0 Å². The van der Waals surface area contributed by atoms with Gasteiger partial charge in [0.2, 0.25) is 0 Å². The molecule has 130 valence electrons. The fourth-order valence-corrected chi connectivity index (χ4v) is 2.44. The standard InChI is InChI=1S/C14H22N8O2/c1-2-3-5-10(23)8-9-11(24)6-4-7-12(13-15-19-20-16-13)14-17-21-22-18-14/h12H,2-9H2,1H3,(H,15,16,19,20)(H,17,18,21,22). The summed E-state index contributed by atoms with van der Waals surface area (Å²) >= 11 is 0. The quantitative estimate of drug-likeness (QED) is 0.587. The molecular formula is C14H22N8O2. The Morgan fingerprint density at radius 1 is 0.875 bits per heavy atom. The van der Waals surface area contributed by atoms with Crippen molar-refractivity contribution < 1.29 is 9.59 Å². The van der Waals surface area contributed by atoms with E-state index in [4.69, 9.17) is 0 Å². The van der Waals surface area contributed by atoms with Crippen LogP contribution in [0.4, 0.5) is 0 Å². The maximum atomic E-state index is 11.9. The van der Waals surface area contributed by atoms with Crippen LogP contribution >= 0.6 is 0 Å². The van der Waals surface area contributed by atoms with E-state index in [1.807, 2.05) is 6.92 Å². The predicted molar refractivity (Wildman–Crippen MR) is 82.8 cm³/mol. The Hall–Kier alpha value is -2.52. The van der Waals surface area contributed by atoms with Crippen LogP contribution in [0.5, 0.6) is 0 Å². The van der Waals surface area contributed by atoms with Gasteiger partial charge in [0.1, 0.15) is 11.6 Å². The number of ketones is 2. The molecular weight excluding hydrogens is 312 g/mol. The molecule has 0 atom stereocenters. The van der Waals surface area contributed by atoms with Gasteiger partial charge in [-0.1, -0.05) is 13.3 Å². The molecule has 2 aromatic rings. The number of H-pyrrole nitrogens is 2. The fraction of sp³-hybridized carbons (Fsp3) is 0.714. The third-order valence-electron chi connectivity index (χ3n) is 3.82. The molecule has 0 bridgehead atoms. The third-order valence-corrected chi connectivity index (χ3v) is 3.82. The van der Waals surface area contributed by atoms with Crippen LogP contribution in [0.1, 0.15) is 75.9 Å². The van der Waals surface area contributed by atoms with Gasteiger partial charge in [-0.3, -0.25) is 9.59 Å². The van der Waals surface area contributed by atoms with Crippen molar-refractivity contribution >= 4 is 11.6 Å². The Morgan fingerprint density at radius 2 is 1.42 bits per heavy atom. The van der Waals surface area contributed by atoms with Gasteiger partial charge in [0.15, 0.2) is 11.6 Å². The molecule has 0 unspecified atom stereocenters. The monoisotopic (exact) mass is 334 g/mol. The Balaban J connectivity index is 1.75. The molecule has 10 nitrogen and oxygen atoms in total. The van der Waals surface area contributed by atoms with E-state index in [2.05, 4.69) is 41.2 Å². The largest absolute Gasteiger partial charge is 0.300 e. The van der Waals surface area contributed by atoms with Crippen LogP contribution in [0.25, 0.3) is 0 Å². The lowest BCUT2D eigenvalue weighted by Gasteiger charge is -2.09. The summed E-state index contributed by atoms with van der Waals surface area (Å²) in [5.74, 6) is 1.16. The van der Waals surface area contributed by atoms with Crippen LogP contribution in [-0.4, -0.2) is 52.8 Å². The Bertz CT molecular complexity index is 577. The van der Waals surface area contributed by atoms with Crippen molar-refractivity contribution in [2.45, 2.75) is 64.2 Å². The summed E-state index contributed by atoms with van der Waals surface area (Å²) in [6, 6.07) is 0. The van der Waals surface area contributed by atoms with Gasteiger partial charge in [0, 0.05) is 25.7 Å². The highest BCUT2D eigenvalue weighted by molar-refractivity contribution is 5.85. The number of carbonyl (C=O) groups is 2. The van der Waals surface area contributed by atoms with Crippen LogP contribution in [-0.2, 0) is 9.59 Å². The third kappa shape index (κ3) is 5.60. The minimum absolute atomic E-state index is 0.102. The molecule has 2 rings (SSSR count). The minimum atomic E-state index is -0.214. The van der Waals surface area contributed by atoms with Gasteiger partial charge in [-0.05, 0) is 40.1 Å². The second-order valence-corrected chi connectivity index (χ2v) is 5.70. The molecule has 0 saturated heterocycles. The number of nitrogens with zero attached hydrogens (tertiary/aromatic N) is 6. The molecule has 0 amide bonds. The number of rotatable bonds is 12. The summed E-state index contributed by atoms with van der Waals surface area (Å²) in [4.78, 5) is 23.5. The van der Waals surface area contributed by atoms with Gasteiger partial charge in [-0.2, -0.15) is 0 Å². The number of unbranched alkanes of at least 4 members (excludes halogenated alkanes) is 1. The highest BCUT2D eigenvalue weighted by Crippen LogP contribution is 2.23. The topological polar surface area (TPSA) is 143 Å².